The van der Waals surface area contributed by atoms with E-state index >= 15 is 0 Å². The minimum Gasteiger partial charge on any atom is -0.481 e. The number of carboxylic acids is 1. The fraction of sp³-hybridized carbons (Fsp3) is 0.421. The van der Waals surface area contributed by atoms with Crippen molar-refractivity contribution in [1.29, 1.82) is 0 Å². The molecule has 26 heavy (non-hydrogen) atoms. The summed E-state index contributed by atoms with van der Waals surface area (Å²) in [5.74, 6) is -0.748. The van der Waals surface area contributed by atoms with Crippen molar-refractivity contribution >= 4 is 12.0 Å². The molecule has 2 aromatic rings. The molecule has 1 saturated heterocycles. The maximum absolute atomic E-state index is 12.2. The zero-order valence-electron chi connectivity index (χ0n) is 14.8. The van der Waals surface area contributed by atoms with E-state index in [1.54, 1.807) is 11.2 Å². The number of carbonyl (C=O) groups excluding carboxylic acids is 1. The van der Waals surface area contributed by atoms with Crippen molar-refractivity contribution in [3.8, 4) is 11.5 Å². The third kappa shape index (κ3) is 4.41. The molecule has 7 nitrogen and oxygen atoms in total. The monoisotopic (exact) mass is 357 g/mol. The molecule has 0 saturated carbocycles. The lowest BCUT2D eigenvalue weighted by atomic mass is 9.99. The van der Waals surface area contributed by atoms with Crippen LogP contribution in [0.4, 0.5) is 4.79 Å². The number of urea groups is 1. The van der Waals surface area contributed by atoms with Crippen LogP contribution in [-0.2, 0) is 11.2 Å². The fourth-order valence-corrected chi connectivity index (χ4v) is 3.02. The lowest BCUT2D eigenvalue weighted by molar-refractivity contribution is -0.143. The van der Waals surface area contributed by atoms with Crippen molar-refractivity contribution < 1.29 is 19.1 Å². The molecule has 1 aliphatic rings. The van der Waals surface area contributed by atoms with Crippen molar-refractivity contribution in [2.75, 3.05) is 19.6 Å². The molecule has 0 aliphatic carbocycles. The number of hydrogen-bond donors (Lipinski definition) is 2. The van der Waals surface area contributed by atoms with Gasteiger partial charge >= 0.3 is 12.0 Å². The molecule has 0 bridgehead atoms. The van der Waals surface area contributed by atoms with Crippen LogP contribution in [0.25, 0.3) is 11.5 Å². The Labute approximate surface area is 152 Å². The number of nitrogens with one attached hydrogen (secondary N) is 1. The molecular weight excluding hydrogens is 334 g/mol. The number of nitrogens with zero attached hydrogens (tertiary/aromatic N) is 2. The maximum Gasteiger partial charge on any atom is 0.317 e. The van der Waals surface area contributed by atoms with Gasteiger partial charge in [-0.15, -0.1) is 0 Å². The van der Waals surface area contributed by atoms with Gasteiger partial charge in [0.15, 0.2) is 0 Å². The third-order valence-corrected chi connectivity index (χ3v) is 4.57. The molecule has 1 aliphatic heterocycles. The van der Waals surface area contributed by atoms with E-state index in [0.29, 0.717) is 38.2 Å². The van der Waals surface area contributed by atoms with Gasteiger partial charge in [-0.05, 0) is 31.9 Å². The van der Waals surface area contributed by atoms with Crippen molar-refractivity contribution in [3.05, 3.63) is 41.8 Å². The highest BCUT2D eigenvalue weighted by Crippen LogP contribution is 2.19. The van der Waals surface area contributed by atoms with Gasteiger partial charge in [0.1, 0.15) is 6.26 Å². The van der Waals surface area contributed by atoms with Crippen LogP contribution in [0.15, 0.2) is 34.9 Å². The molecule has 1 fully saturated rings. The molecule has 2 N–H and O–H groups in total. The molecule has 138 valence electrons. The number of oxazole rings is 1. The highest BCUT2D eigenvalue weighted by molar-refractivity contribution is 5.76. The van der Waals surface area contributed by atoms with Gasteiger partial charge in [-0.1, -0.05) is 17.7 Å². The van der Waals surface area contributed by atoms with Gasteiger partial charge in [0.2, 0.25) is 5.89 Å². The van der Waals surface area contributed by atoms with Crippen LogP contribution in [0.3, 0.4) is 0 Å². The Hall–Kier alpha value is -2.83. The zero-order valence-corrected chi connectivity index (χ0v) is 14.8. The number of rotatable bonds is 5. The molecule has 0 spiro atoms. The summed E-state index contributed by atoms with van der Waals surface area (Å²) in [6.45, 7) is 3.31. The Morgan fingerprint density at radius 2 is 2.12 bits per heavy atom. The summed E-state index contributed by atoms with van der Waals surface area (Å²) >= 11 is 0. The van der Waals surface area contributed by atoms with Crippen molar-refractivity contribution in [3.63, 3.8) is 0 Å². The molecule has 1 unspecified atom stereocenters. The normalized spacial score (nSPS) is 17.1. The van der Waals surface area contributed by atoms with E-state index in [1.807, 2.05) is 31.2 Å². The second-order valence-corrected chi connectivity index (χ2v) is 6.62. The average molecular weight is 357 g/mol. The van der Waals surface area contributed by atoms with Gasteiger partial charge in [0, 0.05) is 31.6 Å². The standard InChI is InChI=1S/C19H23N3O4/c1-13-4-6-14(7-5-13)17-21-16(12-26-17)8-9-20-19(25)22-10-2-3-15(11-22)18(23)24/h4-7,12,15H,2-3,8-11H2,1H3,(H,20,25)(H,23,24). The second kappa shape index (κ2) is 8.03. The Kier molecular flexibility index (Phi) is 5.55. The van der Waals surface area contributed by atoms with Crippen molar-refractivity contribution in [2.45, 2.75) is 26.2 Å². The SMILES string of the molecule is Cc1ccc(-c2nc(CCNC(=O)N3CCCC(C(=O)O)C3)co2)cc1. The first-order valence-electron chi connectivity index (χ1n) is 8.80. The number of benzene rings is 1. The predicted molar refractivity (Wildman–Crippen MR) is 95.7 cm³/mol. The highest BCUT2D eigenvalue weighted by Gasteiger charge is 2.27. The summed E-state index contributed by atoms with van der Waals surface area (Å²) in [6, 6.07) is 7.70. The Balaban J connectivity index is 1.48. The Morgan fingerprint density at radius 3 is 2.85 bits per heavy atom. The first-order valence-corrected chi connectivity index (χ1v) is 8.80. The highest BCUT2D eigenvalue weighted by atomic mass is 16.4. The minimum atomic E-state index is -0.839. The third-order valence-electron chi connectivity index (χ3n) is 4.57. The van der Waals surface area contributed by atoms with Crippen LogP contribution in [0.2, 0.25) is 0 Å². The van der Waals surface area contributed by atoms with Gasteiger partial charge in [-0.3, -0.25) is 4.79 Å². The molecule has 2 heterocycles. The summed E-state index contributed by atoms with van der Waals surface area (Å²) in [7, 11) is 0. The van der Waals surface area contributed by atoms with E-state index in [1.165, 1.54) is 5.56 Å². The topological polar surface area (TPSA) is 95.7 Å². The van der Waals surface area contributed by atoms with Gasteiger partial charge in [0.05, 0.1) is 11.6 Å². The van der Waals surface area contributed by atoms with Crippen molar-refractivity contribution in [2.24, 2.45) is 5.92 Å². The molecule has 1 aromatic carbocycles. The van der Waals surface area contributed by atoms with Gasteiger partial charge in [-0.25, -0.2) is 9.78 Å². The van der Waals surface area contributed by atoms with Crippen LogP contribution < -0.4 is 5.32 Å². The van der Waals surface area contributed by atoms with Crippen LogP contribution in [0.1, 0.15) is 24.1 Å². The summed E-state index contributed by atoms with van der Waals surface area (Å²) in [5.41, 5.74) is 2.85. The maximum atomic E-state index is 12.2. The lowest BCUT2D eigenvalue weighted by Crippen LogP contribution is -2.47. The molecule has 7 heteroatoms. The molecular formula is C19H23N3O4. The summed E-state index contributed by atoms with van der Waals surface area (Å²) in [5, 5.41) is 11.9. The van der Waals surface area contributed by atoms with E-state index in [-0.39, 0.29) is 12.6 Å². The van der Waals surface area contributed by atoms with E-state index in [2.05, 4.69) is 10.3 Å². The van der Waals surface area contributed by atoms with E-state index in [9.17, 15) is 9.59 Å². The number of aromatic nitrogens is 1. The number of carboxylic acid groups (broad SMARTS) is 1. The molecule has 1 aromatic heterocycles. The number of hydrogen-bond acceptors (Lipinski definition) is 4. The Morgan fingerprint density at radius 1 is 1.35 bits per heavy atom. The predicted octanol–water partition coefficient (Wildman–Crippen LogP) is 2.70. The van der Waals surface area contributed by atoms with E-state index < -0.39 is 11.9 Å². The smallest absolute Gasteiger partial charge is 0.317 e. The van der Waals surface area contributed by atoms with Gasteiger partial charge in [-0.2, -0.15) is 0 Å². The average Bonchev–Trinajstić information content (AvgIpc) is 3.11. The van der Waals surface area contributed by atoms with Crippen LogP contribution in [0, 0.1) is 12.8 Å². The molecule has 1 atom stereocenters. The Bertz CT molecular complexity index is 769. The first kappa shape index (κ1) is 18.0. The molecule has 2 amide bonds. The fourth-order valence-electron chi connectivity index (χ4n) is 3.02. The molecule has 0 radical (unpaired) electrons. The summed E-state index contributed by atoms with van der Waals surface area (Å²) < 4.78 is 5.51. The number of amides is 2. The number of carbonyl (C=O) groups is 2. The van der Waals surface area contributed by atoms with Crippen LogP contribution in [0.5, 0.6) is 0 Å². The zero-order chi connectivity index (χ0) is 18.5. The van der Waals surface area contributed by atoms with Crippen molar-refractivity contribution in [1.82, 2.24) is 15.2 Å². The van der Waals surface area contributed by atoms with Gasteiger partial charge in [0.25, 0.3) is 0 Å². The second-order valence-electron chi connectivity index (χ2n) is 6.62. The quantitative estimate of drug-likeness (QED) is 0.858. The summed E-state index contributed by atoms with van der Waals surface area (Å²) in [4.78, 5) is 29.3. The number of aliphatic carboxylic acids is 1. The largest absolute Gasteiger partial charge is 0.481 e. The van der Waals surface area contributed by atoms with Crippen LogP contribution in [-0.4, -0.2) is 46.6 Å². The minimum absolute atomic E-state index is 0.224. The van der Waals surface area contributed by atoms with E-state index in [0.717, 1.165) is 11.3 Å². The number of piperidine rings is 1. The number of likely N-dealkylation sites (tertiary alicyclic amines) is 1. The summed E-state index contributed by atoms with van der Waals surface area (Å²) in [6.07, 6.45) is 3.49. The van der Waals surface area contributed by atoms with Gasteiger partial charge < -0.3 is 19.7 Å². The molecule has 3 rings (SSSR count). The van der Waals surface area contributed by atoms with E-state index in [4.69, 9.17) is 9.52 Å². The lowest BCUT2D eigenvalue weighted by Gasteiger charge is -2.30. The van der Waals surface area contributed by atoms with Crippen LogP contribution >= 0.6 is 0 Å². The number of aryl methyl sites for hydroxylation is 1. The first-order chi connectivity index (χ1) is 12.5.